The monoisotopic (exact) mass is 314 g/mol. The Hall–Kier alpha value is -0.680. The highest BCUT2D eigenvalue weighted by molar-refractivity contribution is 9.10. The van der Waals surface area contributed by atoms with E-state index in [0.29, 0.717) is 12.8 Å². The van der Waals surface area contributed by atoms with Gasteiger partial charge in [-0.2, -0.15) is 5.10 Å². The number of halogens is 1. The average Bonchev–Trinajstić information content (AvgIpc) is 2.89. The minimum atomic E-state index is -1.10. The van der Waals surface area contributed by atoms with E-state index in [-0.39, 0.29) is 12.2 Å². The quantitative estimate of drug-likeness (QED) is 0.928. The number of aryl methyl sites for hydroxylation is 2. The molecule has 100 valence electrons. The fourth-order valence-corrected chi connectivity index (χ4v) is 3.02. The summed E-state index contributed by atoms with van der Waals surface area (Å²) in [5, 5.41) is 14.7. The second-order valence-electron chi connectivity index (χ2n) is 5.00. The van der Waals surface area contributed by atoms with Crippen LogP contribution in [0.15, 0.2) is 4.47 Å². The lowest BCUT2D eigenvalue weighted by Gasteiger charge is -2.20. The number of carbonyl (C=O) groups is 1. The average molecular weight is 315 g/mol. The number of rotatable bonds is 4. The molecule has 0 bridgehead atoms. The first kappa shape index (κ1) is 13.7. The molecule has 0 aliphatic heterocycles. The number of ketones is 1. The first-order valence-corrected chi connectivity index (χ1v) is 7.24. The molecule has 1 fully saturated rings. The van der Waals surface area contributed by atoms with E-state index < -0.39 is 5.60 Å². The Morgan fingerprint density at radius 1 is 1.50 bits per heavy atom. The van der Waals surface area contributed by atoms with E-state index in [2.05, 4.69) is 21.0 Å². The fraction of sp³-hybridized carbons (Fsp3) is 0.692. The van der Waals surface area contributed by atoms with Crippen molar-refractivity contribution in [2.45, 2.75) is 58.1 Å². The molecule has 0 spiro atoms. The molecule has 1 aliphatic carbocycles. The SMILES string of the molecule is CCn1nc(C)c(Br)c1CC(=O)C1(O)CCCC1. The predicted molar refractivity (Wildman–Crippen MR) is 72.5 cm³/mol. The van der Waals surface area contributed by atoms with Crippen molar-refractivity contribution < 1.29 is 9.90 Å². The number of hydrogen-bond donors (Lipinski definition) is 1. The van der Waals surface area contributed by atoms with E-state index in [1.165, 1.54) is 0 Å². The molecule has 1 aliphatic rings. The molecule has 1 aromatic heterocycles. The first-order chi connectivity index (χ1) is 8.48. The zero-order valence-electron chi connectivity index (χ0n) is 10.9. The third-order valence-corrected chi connectivity index (χ3v) is 4.76. The molecule has 2 rings (SSSR count). The highest BCUT2D eigenvalue weighted by Crippen LogP contribution is 2.32. The van der Waals surface area contributed by atoms with Gasteiger partial charge in [-0.25, -0.2) is 0 Å². The molecule has 0 saturated heterocycles. The standard InChI is InChI=1S/C13H19BrN2O2/c1-3-16-10(12(14)9(2)15-16)8-11(17)13(18)6-4-5-7-13/h18H,3-8H2,1-2H3. The highest BCUT2D eigenvalue weighted by atomic mass is 79.9. The van der Waals surface area contributed by atoms with Crippen LogP contribution < -0.4 is 0 Å². The molecule has 0 amide bonds. The number of Topliss-reactive ketones (excluding diaryl/α,β-unsaturated/α-hetero) is 1. The van der Waals surface area contributed by atoms with Crippen molar-refractivity contribution >= 4 is 21.7 Å². The molecule has 4 nitrogen and oxygen atoms in total. The Balaban J connectivity index is 2.21. The molecular formula is C13H19BrN2O2. The number of aromatic nitrogens is 2. The van der Waals surface area contributed by atoms with Crippen LogP contribution in [0.3, 0.4) is 0 Å². The lowest BCUT2D eigenvalue weighted by Crippen LogP contribution is -2.37. The van der Waals surface area contributed by atoms with Gasteiger partial charge in [-0.05, 0) is 55.5 Å². The largest absolute Gasteiger partial charge is 0.382 e. The van der Waals surface area contributed by atoms with Crippen molar-refractivity contribution in [3.63, 3.8) is 0 Å². The van der Waals surface area contributed by atoms with Crippen molar-refractivity contribution in [1.29, 1.82) is 0 Å². The van der Waals surface area contributed by atoms with Crippen molar-refractivity contribution in [2.24, 2.45) is 0 Å². The maximum Gasteiger partial charge on any atom is 0.170 e. The van der Waals surface area contributed by atoms with Crippen LogP contribution in [-0.4, -0.2) is 26.3 Å². The molecule has 0 radical (unpaired) electrons. The number of carbonyl (C=O) groups excluding carboxylic acids is 1. The van der Waals surface area contributed by atoms with Crippen molar-refractivity contribution in [2.75, 3.05) is 0 Å². The lowest BCUT2D eigenvalue weighted by atomic mass is 9.93. The third-order valence-electron chi connectivity index (χ3n) is 3.73. The van der Waals surface area contributed by atoms with E-state index in [4.69, 9.17) is 0 Å². The van der Waals surface area contributed by atoms with E-state index in [1.54, 1.807) is 0 Å². The summed E-state index contributed by atoms with van der Waals surface area (Å²) in [5.41, 5.74) is 0.661. The maximum atomic E-state index is 12.3. The maximum absolute atomic E-state index is 12.3. The van der Waals surface area contributed by atoms with Crippen molar-refractivity contribution in [3.05, 3.63) is 15.9 Å². The molecule has 0 unspecified atom stereocenters. The predicted octanol–water partition coefficient (Wildman–Crippen LogP) is 2.39. The van der Waals surface area contributed by atoms with Crippen molar-refractivity contribution in [1.82, 2.24) is 9.78 Å². The molecule has 0 aromatic carbocycles. The van der Waals surface area contributed by atoms with Crippen LogP contribution in [0, 0.1) is 6.92 Å². The third kappa shape index (κ3) is 2.38. The zero-order chi connectivity index (χ0) is 13.3. The number of aliphatic hydroxyl groups is 1. The molecular weight excluding hydrogens is 296 g/mol. The first-order valence-electron chi connectivity index (χ1n) is 6.45. The van der Waals surface area contributed by atoms with Crippen LogP contribution in [0.25, 0.3) is 0 Å². The summed E-state index contributed by atoms with van der Waals surface area (Å²) in [6, 6.07) is 0. The van der Waals surface area contributed by atoms with Gasteiger partial charge in [0.15, 0.2) is 5.78 Å². The topological polar surface area (TPSA) is 55.1 Å². The fourth-order valence-electron chi connectivity index (χ4n) is 2.59. The van der Waals surface area contributed by atoms with E-state index in [1.807, 2.05) is 18.5 Å². The Kier molecular flexibility index (Phi) is 3.92. The molecule has 5 heteroatoms. The van der Waals surface area contributed by atoms with Gasteiger partial charge in [-0.1, -0.05) is 0 Å². The highest BCUT2D eigenvalue weighted by Gasteiger charge is 2.38. The van der Waals surface area contributed by atoms with Crippen LogP contribution in [0.4, 0.5) is 0 Å². The summed E-state index contributed by atoms with van der Waals surface area (Å²) < 4.78 is 2.72. The molecule has 1 aromatic rings. The summed E-state index contributed by atoms with van der Waals surface area (Å²) in [5.74, 6) is -0.0738. The minimum Gasteiger partial charge on any atom is -0.382 e. The summed E-state index contributed by atoms with van der Waals surface area (Å²) in [6.07, 6.45) is 3.34. The second kappa shape index (κ2) is 5.13. The summed E-state index contributed by atoms with van der Waals surface area (Å²) in [4.78, 5) is 12.3. The minimum absolute atomic E-state index is 0.0738. The summed E-state index contributed by atoms with van der Waals surface area (Å²) >= 11 is 3.48. The Bertz CT molecular complexity index is 462. The lowest BCUT2D eigenvalue weighted by molar-refractivity contribution is -0.136. The molecule has 18 heavy (non-hydrogen) atoms. The van der Waals surface area contributed by atoms with Crippen LogP contribution in [0.2, 0.25) is 0 Å². The van der Waals surface area contributed by atoms with Gasteiger partial charge >= 0.3 is 0 Å². The molecule has 1 saturated carbocycles. The smallest absolute Gasteiger partial charge is 0.170 e. The van der Waals surface area contributed by atoms with Gasteiger partial charge < -0.3 is 5.11 Å². The van der Waals surface area contributed by atoms with Crippen LogP contribution in [0.5, 0.6) is 0 Å². The Labute approximate surface area is 116 Å². The summed E-state index contributed by atoms with van der Waals surface area (Å²) in [6.45, 7) is 4.64. The van der Waals surface area contributed by atoms with E-state index >= 15 is 0 Å². The van der Waals surface area contributed by atoms with Crippen LogP contribution in [-0.2, 0) is 17.8 Å². The van der Waals surface area contributed by atoms with Gasteiger partial charge in [-0.15, -0.1) is 0 Å². The van der Waals surface area contributed by atoms with Crippen LogP contribution in [0.1, 0.15) is 44.0 Å². The normalized spacial score (nSPS) is 18.2. The van der Waals surface area contributed by atoms with Gasteiger partial charge in [0.2, 0.25) is 0 Å². The molecule has 0 atom stereocenters. The zero-order valence-corrected chi connectivity index (χ0v) is 12.5. The molecule has 1 N–H and O–H groups in total. The van der Waals surface area contributed by atoms with Crippen molar-refractivity contribution in [3.8, 4) is 0 Å². The van der Waals surface area contributed by atoms with Gasteiger partial charge in [0.25, 0.3) is 0 Å². The Morgan fingerprint density at radius 2 is 2.11 bits per heavy atom. The Morgan fingerprint density at radius 3 is 2.67 bits per heavy atom. The molecule has 1 heterocycles. The van der Waals surface area contributed by atoms with E-state index in [9.17, 15) is 9.90 Å². The van der Waals surface area contributed by atoms with Gasteiger partial charge in [-0.3, -0.25) is 9.48 Å². The number of hydrogen-bond acceptors (Lipinski definition) is 3. The van der Waals surface area contributed by atoms with Crippen LogP contribution >= 0.6 is 15.9 Å². The van der Waals surface area contributed by atoms with Gasteiger partial charge in [0.1, 0.15) is 5.60 Å². The second-order valence-corrected chi connectivity index (χ2v) is 5.79. The van der Waals surface area contributed by atoms with Gasteiger partial charge in [0.05, 0.1) is 22.3 Å². The number of nitrogens with zero attached hydrogens (tertiary/aromatic N) is 2. The van der Waals surface area contributed by atoms with Gasteiger partial charge in [0, 0.05) is 6.54 Å². The summed E-state index contributed by atoms with van der Waals surface area (Å²) in [7, 11) is 0. The van der Waals surface area contributed by atoms with E-state index in [0.717, 1.165) is 35.2 Å².